The van der Waals surface area contributed by atoms with Crippen molar-refractivity contribution in [3.05, 3.63) is 29.8 Å². The van der Waals surface area contributed by atoms with Crippen molar-refractivity contribution in [1.82, 2.24) is 9.62 Å². The number of benzene rings is 1. The third kappa shape index (κ3) is 3.99. The van der Waals surface area contributed by atoms with E-state index in [1.807, 2.05) is 24.3 Å². The van der Waals surface area contributed by atoms with E-state index in [9.17, 15) is 13.2 Å². The summed E-state index contributed by atoms with van der Waals surface area (Å²) in [5.74, 6) is 1.20. The molecule has 1 N–H and O–H groups in total. The molecule has 0 bridgehead atoms. The van der Waals surface area contributed by atoms with Gasteiger partial charge in [0.1, 0.15) is 11.4 Å². The number of ether oxygens (including phenoxy) is 1. The summed E-state index contributed by atoms with van der Waals surface area (Å²) in [7, 11) is -3.16. The Morgan fingerprint density at radius 2 is 1.96 bits per heavy atom. The fraction of sp³-hybridized carbons (Fsp3) is 0.650. The van der Waals surface area contributed by atoms with Crippen LogP contribution in [0.4, 0.5) is 0 Å². The van der Waals surface area contributed by atoms with Gasteiger partial charge in [-0.1, -0.05) is 18.2 Å². The van der Waals surface area contributed by atoms with E-state index in [0.29, 0.717) is 38.4 Å². The molecular formula is C20H28N2O4S. The number of nitrogens with zero attached hydrogens (tertiary/aromatic N) is 1. The lowest BCUT2D eigenvalue weighted by molar-refractivity contribution is -0.122. The standard InChI is InChI=1S/C20H28N2O4S/c1-2-27(24,25)22-11-9-20(10-12-22)14-15(13-19(23)21-16-7-8-16)17-5-3-4-6-18(17)26-20/h3-6,15-16H,2,7-14H2,1H3,(H,21,23)/t15-/m0/s1. The molecular weight excluding hydrogens is 364 g/mol. The molecule has 1 aromatic carbocycles. The second-order valence-electron chi connectivity index (χ2n) is 8.07. The Balaban J connectivity index is 1.51. The molecule has 0 radical (unpaired) electrons. The van der Waals surface area contributed by atoms with E-state index in [2.05, 4.69) is 5.32 Å². The average molecular weight is 393 g/mol. The zero-order valence-corrected chi connectivity index (χ0v) is 16.6. The minimum absolute atomic E-state index is 0.111. The van der Waals surface area contributed by atoms with E-state index in [0.717, 1.165) is 30.6 Å². The summed E-state index contributed by atoms with van der Waals surface area (Å²) in [6.07, 6.45) is 4.74. The fourth-order valence-corrected chi connectivity index (χ4v) is 5.43. The number of sulfonamides is 1. The highest BCUT2D eigenvalue weighted by molar-refractivity contribution is 7.89. The summed E-state index contributed by atoms with van der Waals surface area (Å²) >= 11 is 0. The normalized spacial score (nSPS) is 24.9. The minimum Gasteiger partial charge on any atom is -0.487 e. The van der Waals surface area contributed by atoms with Crippen LogP contribution in [-0.2, 0) is 14.8 Å². The lowest BCUT2D eigenvalue weighted by Crippen LogP contribution is -2.52. The Hall–Kier alpha value is -1.60. The van der Waals surface area contributed by atoms with Crippen molar-refractivity contribution in [2.45, 2.75) is 63.0 Å². The van der Waals surface area contributed by atoms with Gasteiger partial charge in [0.2, 0.25) is 15.9 Å². The minimum atomic E-state index is -3.16. The highest BCUT2D eigenvalue weighted by atomic mass is 32.2. The summed E-state index contributed by atoms with van der Waals surface area (Å²) in [5.41, 5.74) is 0.719. The fourth-order valence-electron chi connectivity index (χ4n) is 4.33. The molecule has 3 aliphatic rings. The van der Waals surface area contributed by atoms with Gasteiger partial charge >= 0.3 is 0 Å². The average Bonchev–Trinajstić information content (AvgIpc) is 3.46. The predicted molar refractivity (Wildman–Crippen MR) is 103 cm³/mol. The highest BCUT2D eigenvalue weighted by Crippen LogP contribution is 2.46. The van der Waals surface area contributed by atoms with Gasteiger partial charge in [-0.2, -0.15) is 0 Å². The van der Waals surface area contributed by atoms with E-state index >= 15 is 0 Å². The maximum Gasteiger partial charge on any atom is 0.220 e. The second-order valence-corrected chi connectivity index (χ2v) is 10.3. The van der Waals surface area contributed by atoms with Crippen LogP contribution >= 0.6 is 0 Å². The van der Waals surface area contributed by atoms with Crippen molar-refractivity contribution in [1.29, 1.82) is 0 Å². The number of para-hydroxylation sites is 1. The van der Waals surface area contributed by atoms with E-state index < -0.39 is 10.0 Å². The molecule has 7 heteroatoms. The number of hydrogen-bond donors (Lipinski definition) is 1. The summed E-state index contributed by atoms with van der Waals surface area (Å²) in [6, 6.07) is 8.33. The molecule has 2 fully saturated rings. The molecule has 1 saturated heterocycles. The molecule has 1 aliphatic carbocycles. The number of carbonyl (C=O) groups excluding carboxylic acids is 1. The predicted octanol–water partition coefficient (Wildman–Crippen LogP) is 2.41. The molecule has 0 unspecified atom stereocenters. The summed E-state index contributed by atoms with van der Waals surface area (Å²) in [4.78, 5) is 12.4. The van der Waals surface area contributed by atoms with Gasteiger partial charge in [-0.05, 0) is 37.8 Å². The van der Waals surface area contributed by atoms with Crippen LogP contribution in [0.2, 0.25) is 0 Å². The maximum atomic E-state index is 12.4. The third-order valence-electron chi connectivity index (χ3n) is 6.07. The Morgan fingerprint density at radius 1 is 1.26 bits per heavy atom. The van der Waals surface area contributed by atoms with Crippen LogP contribution in [0.25, 0.3) is 0 Å². The van der Waals surface area contributed by atoms with Crippen molar-refractivity contribution in [3.63, 3.8) is 0 Å². The molecule has 1 atom stereocenters. The van der Waals surface area contributed by atoms with Crippen LogP contribution in [-0.4, -0.2) is 49.1 Å². The van der Waals surface area contributed by atoms with Crippen molar-refractivity contribution < 1.29 is 17.9 Å². The van der Waals surface area contributed by atoms with Gasteiger partial charge in [-0.15, -0.1) is 0 Å². The van der Waals surface area contributed by atoms with Crippen LogP contribution in [0, 0.1) is 0 Å². The Bertz CT molecular complexity index is 811. The van der Waals surface area contributed by atoms with Gasteiger partial charge in [0.25, 0.3) is 0 Å². The van der Waals surface area contributed by atoms with Crippen molar-refractivity contribution >= 4 is 15.9 Å². The smallest absolute Gasteiger partial charge is 0.220 e. The summed E-state index contributed by atoms with van der Waals surface area (Å²) in [5, 5.41) is 3.09. The molecule has 4 rings (SSSR count). The summed E-state index contributed by atoms with van der Waals surface area (Å²) < 4.78 is 32.3. The van der Waals surface area contributed by atoms with E-state index in [1.165, 1.54) is 0 Å². The largest absolute Gasteiger partial charge is 0.487 e. The van der Waals surface area contributed by atoms with Gasteiger partial charge in [-0.3, -0.25) is 4.79 Å². The molecule has 148 valence electrons. The zero-order valence-electron chi connectivity index (χ0n) is 15.8. The first kappa shape index (κ1) is 18.7. The lowest BCUT2D eigenvalue weighted by atomic mass is 9.76. The molecule has 2 aliphatic heterocycles. The molecule has 1 amide bonds. The van der Waals surface area contributed by atoms with Crippen LogP contribution in [0.5, 0.6) is 5.75 Å². The summed E-state index contributed by atoms with van der Waals surface area (Å²) in [6.45, 7) is 2.65. The number of carbonyl (C=O) groups is 1. The van der Waals surface area contributed by atoms with Crippen LogP contribution in [0.15, 0.2) is 24.3 Å². The first-order chi connectivity index (χ1) is 12.9. The van der Waals surface area contributed by atoms with Crippen LogP contribution < -0.4 is 10.1 Å². The molecule has 2 heterocycles. The number of piperidine rings is 1. The maximum absolute atomic E-state index is 12.4. The van der Waals surface area contributed by atoms with Crippen molar-refractivity contribution in [3.8, 4) is 5.75 Å². The van der Waals surface area contributed by atoms with Crippen LogP contribution in [0.1, 0.15) is 56.9 Å². The Labute approximate surface area is 161 Å². The van der Waals surface area contributed by atoms with Gasteiger partial charge in [0.15, 0.2) is 0 Å². The Morgan fingerprint density at radius 3 is 2.63 bits per heavy atom. The lowest BCUT2D eigenvalue weighted by Gasteiger charge is -2.46. The number of fused-ring (bicyclic) bond motifs is 1. The Kier molecular flexibility index (Phi) is 4.93. The van der Waals surface area contributed by atoms with E-state index in [4.69, 9.17) is 4.74 Å². The topological polar surface area (TPSA) is 75.7 Å². The molecule has 6 nitrogen and oxygen atoms in total. The monoisotopic (exact) mass is 392 g/mol. The second kappa shape index (κ2) is 7.09. The highest BCUT2D eigenvalue weighted by Gasteiger charge is 2.45. The number of rotatable bonds is 5. The van der Waals surface area contributed by atoms with Crippen molar-refractivity contribution in [2.75, 3.05) is 18.8 Å². The van der Waals surface area contributed by atoms with Crippen LogP contribution in [0.3, 0.4) is 0 Å². The zero-order chi connectivity index (χ0) is 19.1. The van der Waals surface area contributed by atoms with Gasteiger partial charge in [0, 0.05) is 44.3 Å². The molecule has 0 aromatic heterocycles. The third-order valence-corrected chi connectivity index (χ3v) is 7.95. The first-order valence-corrected chi connectivity index (χ1v) is 11.6. The quantitative estimate of drug-likeness (QED) is 0.835. The SMILES string of the molecule is CCS(=O)(=O)N1CCC2(CC1)C[C@H](CC(=O)NC1CC1)c1ccccc1O2. The van der Waals surface area contributed by atoms with Gasteiger partial charge in [-0.25, -0.2) is 12.7 Å². The molecule has 1 saturated carbocycles. The van der Waals surface area contributed by atoms with E-state index in [1.54, 1.807) is 11.2 Å². The van der Waals surface area contributed by atoms with Crippen molar-refractivity contribution in [2.24, 2.45) is 0 Å². The number of nitrogens with one attached hydrogen (secondary N) is 1. The number of hydrogen-bond acceptors (Lipinski definition) is 4. The van der Waals surface area contributed by atoms with E-state index in [-0.39, 0.29) is 23.2 Å². The molecule has 1 aromatic rings. The van der Waals surface area contributed by atoms with Gasteiger partial charge < -0.3 is 10.1 Å². The molecule has 27 heavy (non-hydrogen) atoms. The first-order valence-electron chi connectivity index (χ1n) is 9.96. The van der Waals surface area contributed by atoms with Gasteiger partial charge in [0.05, 0.1) is 5.75 Å². The molecule has 1 spiro atoms. The number of amides is 1.